The molecule has 0 radical (unpaired) electrons. The Morgan fingerprint density at radius 3 is 1.75 bits per heavy atom. The van der Waals surface area contributed by atoms with Crippen LogP contribution in [0.5, 0.6) is 0 Å². The number of fused-ring (bicyclic) bond motifs is 1. The Bertz CT molecular complexity index is 1020. The third-order valence-corrected chi connectivity index (χ3v) is 4.29. The predicted molar refractivity (Wildman–Crippen MR) is 100 cm³/mol. The zero-order valence-electron chi connectivity index (χ0n) is 12.6. The van der Waals surface area contributed by atoms with Gasteiger partial charge in [0.05, 0.1) is 21.9 Å². The van der Waals surface area contributed by atoms with E-state index in [2.05, 4.69) is 0 Å². The second kappa shape index (κ2) is 6.23. The van der Waals surface area contributed by atoms with E-state index < -0.39 is 0 Å². The second-order valence-corrected chi connectivity index (χ2v) is 6.25. The van der Waals surface area contributed by atoms with Crippen molar-refractivity contribution in [1.29, 1.82) is 0 Å². The Labute approximate surface area is 149 Å². The summed E-state index contributed by atoms with van der Waals surface area (Å²) in [7, 11) is 0. The first-order valence-corrected chi connectivity index (χ1v) is 8.25. The molecule has 2 nitrogen and oxygen atoms in total. The van der Waals surface area contributed by atoms with Crippen LogP contribution >= 0.6 is 23.2 Å². The van der Waals surface area contributed by atoms with Crippen molar-refractivity contribution in [3.8, 4) is 22.5 Å². The highest BCUT2D eigenvalue weighted by Gasteiger charge is 2.14. The van der Waals surface area contributed by atoms with Crippen LogP contribution in [0.1, 0.15) is 0 Å². The van der Waals surface area contributed by atoms with E-state index in [0.717, 1.165) is 22.5 Å². The van der Waals surface area contributed by atoms with Gasteiger partial charge in [-0.2, -0.15) is 0 Å². The summed E-state index contributed by atoms with van der Waals surface area (Å²) in [5.41, 5.74) is 4.95. The van der Waals surface area contributed by atoms with Crippen LogP contribution in [0.15, 0.2) is 72.8 Å². The normalized spacial score (nSPS) is 10.9. The van der Waals surface area contributed by atoms with Gasteiger partial charge in [0, 0.05) is 16.1 Å². The van der Waals surface area contributed by atoms with E-state index in [-0.39, 0.29) is 0 Å². The van der Waals surface area contributed by atoms with Crippen LogP contribution in [0, 0.1) is 0 Å². The average Bonchev–Trinajstić information content (AvgIpc) is 2.62. The maximum Gasteiger partial charge on any atom is 0.108 e. The first-order chi connectivity index (χ1) is 11.7. The molecule has 0 bridgehead atoms. The lowest BCUT2D eigenvalue weighted by Crippen LogP contribution is -1.96. The highest BCUT2D eigenvalue weighted by Crippen LogP contribution is 2.33. The van der Waals surface area contributed by atoms with Crippen LogP contribution in [-0.2, 0) is 0 Å². The lowest BCUT2D eigenvalue weighted by molar-refractivity contribution is 1.29. The molecule has 1 heterocycles. The van der Waals surface area contributed by atoms with Gasteiger partial charge in [0.2, 0.25) is 0 Å². The summed E-state index contributed by atoms with van der Waals surface area (Å²) in [4.78, 5) is 9.62. The number of hydrogen-bond acceptors (Lipinski definition) is 2. The number of benzene rings is 3. The summed E-state index contributed by atoms with van der Waals surface area (Å²) in [5, 5.41) is 1.05. The van der Waals surface area contributed by atoms with Crippen LogP contribution in [-0.4, -0.2) is 9.97 Å². The SMILES string of the molecule is Clc1cc(Cl)c2nc(-c3ccccc3)c(-c3ccccc3)nc2c1. The van der Waals surface area contributed by atoms with Crippen LogP contribution in [0.2, 0.25) is 10.0 Å². The van der Waals surface area contributed by atoms with Gasteiger partial charge >= 0.3 is 0 Å². The molecule has 0 amide bonds. The fraction of sp³-hybridized carbons (Fsp3) is 0. The molecule has 0 aliphatic heterocycles. The average molecular weight is 351 g/mol. The van der Waals surface area contributed by atoms with Crippen molar-refractivity contribution in [1.82, 2.24) is 9.97 Å². The molecule has 4 rings (SSSR count). The fourth-order valence-electron chi connectivity index (χ4n) is 2.68. The van der Waals surface area contributed by atoms with Gasteiger partial charge in [-0.05, 0) is 12.1 Å². The summed E-state index contributed by atoms with van der Waals surface area (Å²) >= 11 is 12.5. The molecule has 3 aromatic carbocycles. The maximum atomic E-state index is 6.33. The standard InChI is InChI=1S/C20H12Cl2N2/c21-15-11-16(22)20-17(12-15)23-18(13-7-3-1-4-8-13)19(24-20)14-9-5-2-6-10-14/h1-12H. The smallest absolute Gasteiger partial charge is 0.108 e. The first-order valence-electron chi connectivity index (χ1n) is 7.50. The molecular formula is C20H12Cl2N2. The molecule has 0 aliphatic rings. The van der Waals surface area contributed by atoms with Crippen LogP contribution in [0.25, 0.3) is 33.5 Å². The Hall–Kier alpha value is -2.42. The first kappa shape index (κ1) is 15.1. The monoisotopic (exact) mass is 350 g/mol. The number of nitrogens with zero attached hydrogens (tertiary/aromatic N) is 2. The molecule has 0 N–H and O–H groups in total. The molecule has 0 unspecified atom stereocenters. The zero-order chi connectivity index (χ0) is 16.5. The van der Waals surface area contributed by atoms with Crippen molar-refractivity contribution in [2.45, 2.75) is 0 Å². The van der Waals surface area contributed by atoms with Crippen LogP contribution < -0.4 is 0 Å². The molecule has 0 atom stereocenters. The number of hydrogen-bond donors (Lipinski definition) is 0. The second-order valence-electron chi connectivity index (χ2n) is 5.41. The molecule has 0 aliphatic carbocycles. The van der Waals surface area contributed by atoms with E-state index in [9.17, 15) is 0 Å². The van der Waals surface area contributed by atoms with Crippen molar-refractivity contribution < 1.29 is 0 Å². The van der Waals surface area contributed by atoms with Gasteiger partial charge < -0.3 is 0 Å². The molecule has 0 spiro atoms. The maximum absolute atomic E-state index is 6.33. The van der Waals surface area contributed by atoms with Crippen molar-refractivity contribution in [3.05, 3.63) is 82.8 Å². The van der Waals surface area contributed by atoms with Gasteiger partial charge in [-0.3, -0.25) is 0 Å². The van der Waals surface area contributed by atoms with E-state index in [0.29, 0.717) is 21.1 Å². The molecule has 1 aromatic heterocycles. The topological polar surface area (TPSA) is 25.8 Å². The molecule has 4 heteroatoms. The highest BCUT2D eigenvalue weighted by molar-refractivity contribution is 6.38. The minimum atomic E-state index is 0.502. The van der Waals surface area contributed by atoms with Crippen molar-refractivity contribution >= 4 is 34.2 Å². The van der Waals surface area contributed by atoms with Gasteiger partial charge in [-0.1, -0.05) is 83.9 Å². The van der Waals surface area contributed by atoms with Crippen LogP contribution in [0.4, 0.5) is 0 Å². The summed E-state index contributed by atoms with van der Waals surface area (Å²) in [6, 6.07) is 23.5. The van der Waals surface area contributed by atoms with Crippen molar-refractivity contribution in [2.24, 2.45) is 0 Å². The van der Waals surface area contributed by atoms with Crippen molar-refractivity contribution in [3.63, 3.8) is 0 Å². The van der Waals surface area contributed by atoms with E-state index in [4.69, 9.17) is 33.2 Å². The quantitative estimate of drug-likeness (QED) is 0.425. The van der Waals surface area contributed by atoms with Gasteiger partial charge in [-0.15, -0.1) is 0 Å². The fourth-order valence-corrected chi connectivity index (χ4v) is 3.21. The molecule has 116 valence electrons. The van der Waals surface area contributed by atoms with Gasteiger partial charge in [0.15, 0.2) is 0 Å². The highest BCUT2D eigenvalue weighted by atomic mass is 35.5. The van der Waals surface area contributed by atoms with Crippen molar-refractivity contribution in [2.75, 3.05) is 0 Å². The van der Waals surface area contributed by atoms with E-state index >= 15 is 0 Å². The van der Waals surface area contributed by atoms with Gasteiger partial charge in [0.25, 0.3) is 0 Å². The largest absolute Gasteiger partial charge is 0.244 e. The van der Waals surface area contributed by atoms with Gasteiger partial charge in [0.1, 0.15) is 5.52 Å². The lowest BCUT2D eigenvalue weighted by Gasteiger charge is -2.11. The Morgan fingerprint density at radius 1 is 0.625 bits per heavy atom. The minimum Gasteiger partial charge on any atom is -0.244 e. The molecule has 0 fully saturated rings. The summed E-state index contributed by atoms with van der Waals surface area (Å²) in [6.07, 6.45) is 0. The van der Waals surface area contributed by atoms with Gasteiger partial charge in [-0.25, -0.2) is 9.97 Å². The molecule has 4 aromatic rings. The zero-order valence-corrected chi connectivity index (χ0v) is 14.1. The molecule has 0 saturated heterocycles. The van der Waals surface area contributed by atoms with Crippen LogP contribution in [0.3, 0.4) is 0 Å². The predicted octanol–water partition coefficient (Wildman–Crippen LogP) is 6.27. The third kappa shape index (κ3) is 2.75. The molecular weight excluding hydrogens is 339 g/mol. The Kier molecular flexibility index (Phi) is 3.93. The lowest BCUT2D eigenvalue weighted by atomic mass is 10.0. The summed E-state index contributed by atoms with van der Waals surface area (Å²) in [6.45, 7) is 0. The Balaban J connectivity index is 2.08. The molecule has 24 heavy (non-hydrogen) atoms. The van der Waals surface area contributed by atoms with E-state index in [1.54, 1.807) is 12.1 Å². The number of aromatic nitrogens is 2. The molecule has 0 saturated carbocycles. The summed E-state index contributed by atoms with van der Waals surface area (Å²) < 4.78 is 0. The number of rotatable bonds is 2. The minimum absolute atomic E-state index is 0.502. The number of halogens is 2. The Morgan fingerprint density at radius 2 is 1.17 bits per heavy atom. The van der Waals surface area contributed by atoms with E-state index in [1.165, 1.54) is 0 Å². The summed E-state index contributed by atoms with van der Waals surface area (Å²) in [5.74, 6) is 0. The van der Waals surface area contributed by atoms with E-state index in [1.807, 2.05) is 60.7 Å². The third-order valence-electron chi connectivity index (χ3n) is 3.78.